The molecule has 0 heterocycles. The van der Waals surface area contributed by atoms with Crippen LogP contribution in [0.25, 0.3) is 0 Å². The van der Waals surface area contributed by atoms with Crippen molar-refractivity contribution in [3.63, 3.8) is 0 Å². The van der Waals surface area contributed by atoms with Gasteiger partial charge in [0.1, 0.15) is 6.54 Å². The molecule has 1 amide bonds. The number of hydrogen-bond acceptors (Lipinski definition) is 3. The molecule has 0 spiro atoms. The van der Waals surface area contributed by atoms with E-state index in [-0.39, 0.29) is 22.9 Å². The van der Waals surface area contributed by atoms with Gasteiger partial charge in [-0.05, 0) is 41.3 Å². The second-order valence-corrected chi connectivity index (χ2v) is 8.28. The molecule has 2 aromatic carbocycles. The number of amides is 1. The summed E-state index contributed by atoms with van der Waals surface area (Å²) in [6, 6.07) is 12.4. The van der Waals surface area contributed by atoms with Crippen LogP contribution in [-0.2, 0) is 21.2 Å². The molecule has 0 bridgehead atoms. The molecule has 2 rings (SSSR count). The molecular weight excluding hydrogens is 393 g/mol. The first-order valence-electron chi connectivity index (χ1n) is 8.51. The average molecular weight is 414 g/mol. The van der Waals surface area contributed by atoms with Crippen LogP contribution in [0.4, 0.5) is 18.9 Å². The Bertz CT molecular complexity index is 907. The van der Waals surface area contributed by atoms with Gasteiger partial charge < -0.3 is 5.32 Å². The van der Waals surface area contributed by atoms with E-state index in [1.165, 1.54) is 36.4 Å². The molecule has 9 heteroatoms. The number of halogens is 3. The molecule has 0 unspecified atom stereocenters. The summed E-state index contributed by atoms with van der Waals surface area (Å²) >= 11 is 0. The summed E-state index contributed by atoms with van der Waals surface area (Å²) in [5, 5.41) is 1.78. The minimum atomic E-state index is -4.47. The summed E-state index contributed by atoms with van der Waals surface area (Å²) in [5.74, 6) is -0.485. The van der Waals surface area contributed by atoms with Crippen molar-refractivity contribution >= 4 is 21.6 Å². The molecule has 0 aliphatic rings. The van der Waals surface area contributed by atoms with Crippen LogP contribution in [0.5, 0.6) is 0 Å². The van der Waals surface area contributed by atoms with Crippen LogP contribution in [0.1, 0.15) is 30.9 Å². The van der Waals surface area contributed by atoms with Crippen LogP contribution < -0.4 is 10.0 Å². The van der Waals surface area contributed by atoms with Crippen molar-refractivity contribution in [3.05, 3.63) is 59.7 Å². The van der Waals surface area contributed by atoms with Crippen molar-refractivity contribution in [2.24, 2.45) is 0 Å². The van der Waals surface area contributed by atoms with E-state index in [0.29, 0.717) is 5.56 Å². The van der Waals surface area contributed by atoms with E-state index in [0.717, 1.165) is 5.56 Å². The van der Waals surface area contributed by atoms with Crippen molar-refractivity contribution in [2.75, 3.05) is 11.3 Å². The lowest BCUT2D eigenvalue weighted by Crippen LogP contribution is -2.34. The molecule has 0 fully saturated rings. The normalized spacial score (nSPS) is 12.1. The van der Waals surface area contributed by atoms with Gasteiger partial charge in [0.2, 0.25) is 5.91 Å². The third-order valence-electron chi connectivity index (χ3n) is 3.91. The van der Waals surface area contributed by atoms with E-state index in [1.807, 2.05) is 13.8 Å². The number of alkyl halides is 3. The molecule has 0 aliphatic heterocycles. The maximum atomic E-state index is 12.4. The van der Waals surface area contributed by atoms with Crippen LogP contribution in [0.15, 0.2) is 53.4 Å². The van der Waals surface area contributed by atoms with E-state index in [4.69, 9.17) is 0 Å². The van der Waals surface area contributed by atoms with Gasteiger partial charge in [-0.25, -0.2) is 8.42 Å². The van der Waals surface area contributed by atoms with Gasteiger partial charge in [0.25, 0.3) is 10.0 Å². The molecular formula is C19H21F3N2O3S. The van der Waals surface area contributed by atoms with Gasteiger partial charge in [0, 0.05) is 5.69 Å². The summed E-state index contributed by atoms with van der Waals surface area (Å²) < 4.78 is 63.6. The zero-order valence-electron chi connectivity index (χ0n) is 15.4. The Morgan fingerprint density at radius 2 is 1.57 bits per heavy atom. The highest BCUT2D eigenvalue weighted by molar-refractivity contribution is 7.92. The van der Waals surface area contributed by atoms with Crippen LogP contribution in [-0.4, -0.2) is 27.0 Å². The Morgan fingerprint density at radius 3 is 2.07 bits per heavy atom. The number of carbonyl (C=O) groups is 1. The number of anilines is 1. The van der Waals surface area contributed by atoms with Crippen molar-refractivity contribution in [3.8, 4) is 0 Å². The predicted molar refractivity (Wildman–Crippen MR) is 101 cm³/mol. The Morgan fingerprint density at radius 1 is 1.00 bits per heavy atom. The van der Waals surface area contributed by atoms with Crippen LogP contribution in [0.3, 0.4) is 0 Å². The predicted octanol–water partition coefficient (Wildman–Crippen LogP) is 3.83. The topological polar surface area (TPSA) is 75.3 Å². The molecule has 0 aliphatic carbocycles. The van der Waals surface area contributed by atoms with E-state index in [2.05, 4.69) is 4.72 Å². The first-order valence-corrected chi connectivity index (χ1v) is 10.00. The van der Waals surface area contributed by atoms with Crippen LogP contribution in [0.2, 0.25) is 0 Å². The fourth-order valence-electron chi connectivity index (χ4n) is 2.38. The number of carbonyl (C=O) groups excluding carboxylic acids is 1. The molecule has 0 radical (unpaired) electrons. The van der Waals surface area contributed by atoms with E-state index in [1.54, 1.807) is 17.4 Å². The SMILES string of the molecule is CC(C)c1ccc(S(=O)(=O)Nc2ccc(CC(=O)NCC(F)(F)F)cc2)cc1. The molecule has 5 nitrogen and oxygen atoms in total. The van der Waals surface area contributed by atoms with Crippen LogP contribution >= 0.6 is 0 Å². The first kappa shape index (κ1) is 21.7. The Balaban J connectivity index is 2.00. The molecule has 2 N–H and O–H groups in total. The minimum absolute atomic E-state index is 0.118. The number of hydrogen-bond donors (Lipinski definition) is 2. The third-order valence-corrected chi connectivity index (χ3v) is 5.31. The Kier molecular flexibility index (Phi) is 6.71. The summed E-state index contributed by atoms with van der Waals surface area (Å²) in [4.78, 5) is 11.6. The third kappa shape index (κ3) is 6.56. The molecule has 0 saturated heterocycles. The summed E-state index contributed by atoms with van der Waals surface area (Å²) in [6.45, 7) is 2.62. The highest BCUT2D eigenvalue weighted by Crippen LogP contribution is 2.20. The standard InChI is InChI=1S/C19H21F3N2O3S/c1-13(2)15-5-9-17(10-6-15)28(26,27)24-16-7-3-14(4-8-16)11-18(25)23-12-19(20,21)22/h3-10,13,24H,11-12H2,1-2H3,(H,23,25). The second-order valence-electron chi connectivity index (χ2n) is 6.59. The summed E-state index contributed by atoms with van der Waals surface area (Å²) in [6.07, 6.45) is -4.70. The fourth-order valence-corrected chi connectivity index (χ4v) is 3.44. The zero-order chi connectivity index (χ0) is 20.9. The van der Waals surface area contributed by atoms with E-state index in [9.17, 15) is 26.4 Å². The monoisotopic (exact) mass is 414 g/mol. The largest absolute Gasteiger partial charge is 0.405 e. The Hall–Kier alpha value is -2.55. The number of benzene rings is 2. The lowest BCUT2D eigenvalue weighted by Gasteiger charge is -2.11. The first-order chi connectivity index (χ1) is 13.0. The lowest BCUT2D eigenvalue weighted by molar-refractivity contribution is -0.138. The maximum absolute atomic E-state index is 12.4. The molecule has 28 heavy (non-hydrogen) atoms. The quantitative estimate of drug-likeness (QED) is 0.723. The van der Waals surface area contributed by atoms with Gasteiger partial charge in [-0.1, -0.05) is 38.1 Å². The molecule has 2 aromatic rings. The maximum Gasteiger partial charge on any atom is 0.405 e. The number of sulfonamides is 1. The van der Waals surface area contributed by atoms with E-state index >= 15 is 0 Å². The van der Waals surface area contributed by atoms with Crippen molar-refractivity contribution in [1.82, 2.24) is 5.32 Å². The van der Waals surface area contributed by atoms with Crippen molar-refractivity contribution in [1.29, 1.82) is 0 Å². The molecule has 0 atom stereocenters. The minimum Gasteiger partial charge on any atom is -0.347 e. The van der Waals surface area contributed by atoms with Gasteiger partial charge in [-0.15, -0.1) is 0 Å². The van der Waals surface area contributed by atoms with E-state index < -0.39 is 28.7 Å². The smallest absolute Gasteiger partial charge is 0.347 e. The van der Waals surface area contributed by atoms with Gasteiger partial charge in [-0.2, -0.15) is 13.2 Å². The van der Waals surface area contributed by atoms with Gasteiger partial charge in [-0.3, -0.25) is 9.52 Å². The zero-order valence-corrected chi connectivity index (χ0v) is 16.2. The van der Waals surface area contributed by atoms with Gasteiger partial charge >= 0.3 is 6.18 Å². The number of nitrogens with one attached hydrogen (secondary N) is 2. The fraction of sp³-hybridized carbons (Fsp3) is 0.316. The molecule has 0 saturated carbocycles. The lowest BCUT2D eigenvalue weighted by atomic mass is 10.0. The summed E-state index contributed by atoms with van der Waals surface area (Å²) in [7, 11) is -3.77. The van der Waals surface area contributed by atoms with Crippen LogP contribution in [0, 0.1) is 0 Å². The molecule has 0 aromatic heterocycles. The molecule has 152 valence electrons. The Labute approximate surface area is 162 Å². The average Bonchev–Trinajstić information content (AvgIpc) is 2.61. The highest BCUT2D eigenvalue weighted by Gasteiger charge is 2.27. The number of rotatable bonds is 7. The second kappa shape index (κ2) is 8.64. The van der Waals surface area contributed by atoms with Crippen molar-refractivity contribution < 1.29 is 26.4 Å². The van der Waals surface area contributed by atoms with Gasteiger partial charge in [0.05, 0.1) is 11.3 Å². The highest BCUT2D eigenvalue weighted by atomic mass is 32.2. The van der Waals surface area contributed by atoms with Gasteiger partial charge in [0.15, 0.2) is 0 Å². The van der Waals surface area contributed by atoms with Crippen molar-refractivity contribution in [2.45, 2.75) is 37.3 Å². The summed E-state index contributed by atoms with van der Waals surface area (Å²) in [5.41, 5.74) is 1.77.